The molecule has 0 saturated carbocycles. The molecular weight excluding hydrogens is 717 g/mol. The lowest BCUT2D eigenvalue weighted by Gasteiger charge is -2.26. The number of para-hydroxylation sites is 3. The van der Waals surface area contributed by atoms with Gasteiger partial charge < -0.3 is 13.9 Å². The van der Waals surface area contributed by atoms with Gasteiger partial charge in [-0.15, -0.1) is 0 Å². The highest BCUT2D eigenvalue weighted by atomic mass is 16.3. The Bertz CT molecular complexity index is 3540. The molecule has 0 aliphatic carbocycles. The fraction of sp³-hybridized carbons (Fsp3) is 0. The minimum atomic E-state index is 0.854. The molecule has 0 fully saturated rings. The highest BCUT2D eigenvalue weighted by Crippen LogP contribution is 2.46. The van der Waals surface area contributed by atoms with Crippen LogP contribution in [0.2, 0.25) is 0 Å². The Kier molecular flexibility index (Phi) is 7.54. The molecule has 0 N–H and O–H groups in total. The van der Waals surface area contributed by atoms with Crippen LogP contribution in [0.15, 0.2) is 223 Å². The average Bonchev–Trinajstić information content (AvgIpc) is 3.86. The summed E-state index contributed by atoms with van der Waals surface area (Å²) in [7, 11) is 0. The first-order valence-corrected chi connectivity index (χ1v) is 20.2. The summed E-state index contributed by atoms with van der Waals surface area (Å²) in [5.41, 5.74) is 13.0. The van der Waals surface area contributed by atoms with Crippen LogP contribution in [-0.4, -0.2) is 4.57 Å². The van der Waals surface area contributed by atoms with Gasteiger partial charge in [0, 0.05) is 38.6 Å². The minimum Gasteiger partial charge on any atom is -0.454 e. The van der Waals surface area contributed by atoms with Gasteiger partial charge in [0.05, 0.1) is 16.7 Å². The van der Waals surface area contributed by atoms with Gasteiger partial charge in [-0.3, -0.25) is 0 Å². The molecule has 12 aromatic rings. The Hall–Kier alpha value is -7.88. The van der Waals surface area contributed by atoms with Crippen LogP contribution in [0, 0.1) is 0 Å². The number of hydrogen-bond donors (Lipinski definition) is 0. The van der Waals surface area contributed by atoms with Gasteiger partial charge in [0.2, 0.25) is 0 Å². The Morgan fingerprint density at radius 1 is 0.390 bits per heavy atom. The molecule has 2 heterocycles. The van der Waals surface area contributed by atoms with Gasteiger partial charge in [-0.2, -0.15) is 0 Å². The van der Waals surface area contributed by atoms with Gasteiger partial charge in [-0.1, -0.05) is 164 Å². The van der Waals surface area contributed by atoms with E-state index >= 15 is 0 Å². The number of aromatic nitrogens is 1. The number of hydrogen-bond acceptors (Lipinski definition) is 2. The fourth-order valence-corrected chi connectivity index (χ4v) is 9.33. The van der Waals surface area contributed by atoms with Crippen molar-refractivity contribution in [2.75, 3.05) is 4.90 Å². The molecule has 2 aromatic heterocycles. The topological polar surface area (TPSA) is 21.3 Å². The third kappa shape index (κ3) is 5.29. The van der Waals surface area contributed by atoms with Gasteiger partial charge in [0.15, 0.2) is 5.58 Å². The summed E-state index contributed by atoms with van der Waals surface area (Å²) in [5, 5.41) is 9.53. The lowest BCUT2D eigenvalue weighted by molar-refractivity contribution is 0.669. The van der Waals surface area contributed by atoms with E-state index in [0.717, 1.165) is 55.8 Å². The first-order valence-electron chi connectivity index (χ1n) is 20.2. The van der Waals surface area contributed by atoms with E-state index in [1.807, 2.05) is 0 Å². The van der Waals surface area contributed by atoms with E-state index in [1.54, 1.807) is 0 Å². The smallest absolute Gasteiger partial charge is 0.159 e. The molecule has 0 unspecified atom stereocenters. The van der Waals surface area contributed by atoms with Crippen molar-refractivity contribution < 1.29 is 4.42 Å². The molecule has 3 nitrogen and oxygen atoms in total. The molecule has 0 aliphatic rings. The SMILES string of the molecule is c1ccc(-c2c(-c3ccc(N(c4ccc5c6ccccc6n(-c6ccccc6)c5c4)c4cccc5c4oc4ccc6ccccc6c45)cc3)ccc3ccccc23)cc1. The highest BCUT2D eigenvalue weighted by molar-refractivity contribution is 6.21. The first-order chi connectivity index (χ1) is 29.3. The van der Waals surface area contributed by atoms with Crippen LogP contribution >= 0.6 is 0 Å². The monoisotopic (exact) mass is 752 g/mol. The largest absolute Gasteiger partial charge is 0.454 e. The summed E-state index contributed by atoms with van der Waals surface area (Å²) in [6.07, 6.45) is 0. The van der Waals surface area contributed by atoms with Gasteiger partial charge >= 0.3 is 0 Å². The van der Waals surface area contributed by atoms with Crippen molar-refractivity contribution in [2.24, 2.45) is 0 Å². The normalized spacial score (nSPS) is 11.7. The number of nitrogens with zero attached hydrogens (tertiary/aromatic N) is 2. The van der Waals surface area contributed by atoms with Crippen molar-refractivity contribution in [1.82, 2.24) is 4.57 Å². The van der Waals surface area contributed by atoms with E-state index in [9.17, 15) is 0 Å². The van der Waals surface area contributed by atoms with E-state index in [2.05, 4.69) is 228 Å². The van der Waals surface area contributed by atoms with Crippen molar-refractivity contribution in [3.05, 3.63) is 218 Å². The maximum atomic E-state index is 6.90. The van der Waals surface area contributed by atoms with E-state index in [0.29, 0.717) is 0 Å². The van der Waals surface area contributed by atoms with Crippen LogP contribution in [0.5, 0.6) is 0 Å². The summed E-state index contributed by atoms with van der Waals surface area (Å²) >= 11 is 0. The molecule has 0 aliphatic heterocycles. The van der Waals surface area contributed by atoms with Gasteiger partial charge in [0.25, 0.3) is 0 Å². The van der Waals surface area contributed by atoms with E-state index < -0.39 is 0 Å². The Morgan fingerprint density at radius 2 is 1.02 bits per heavy atom. The molecule has 0 amide bonds. The molecule has 0 saturated heterocycles. The van der Waals surface area contributed by atoms with E-state index in [1.165, 1.54) is 54.5 Å². The average molecular weight is 753 g/mol. The number of anilines is 3. The van der Waals surface area contributed by atoms with Crippen LogP contribution in [0.25, 0.3) is 93.2 Å². The molecule has 0 radical (unpaired) electrons. The first kappa shape index (κ1) is 33.3. The lowest BCUT2D eigenvalue weighted by atomic mass is 9.90. The summed E-state index contributed by atoms with van der Waals surface area (Å²) in [4.78, 5) is 2.36. The lowest BCUT2D eigenvalue weighted by Crippen LogP contribution is -2.10. The minimum absolute atomic E-state index is 0.854. The molecule has 3 heteroatoms. The zero-order valence-electron chi connectivity index (χ0n) is 32.1. The summed E-state index contributed by atoms with van der Waals surface area (Å²) < 4.78 is 9.28. The van der Waals surface area contributed by atoms with Crippen LogP contribution < -0.4 is 4.90 Å². The predicted octanol–water partition coefficient (Wildman–Crippen LogP) is 15.8. The van der Waals surface area contributed by atoms with Crippen molar-refractivity contribution >= 4 is 82.4 Å². The number of fused-ring (bicyclic) bond motifs is 9. The second kappa shape index (κ2) is 13.4. The molecule has 0 bridgehead atoms. The second-order valence-electron chi connectivity index (χ2n) is 15.3. The van der Waals surface area contributed by atoms with Gasteiger partial charge in [0.1, 0.15) is 5.58 Å². The molecule has 276 valence electrons. The van der Waals surface area contributed by atoms with Crippen molar-refractivity contribution in [1.29, 1.82) is 0 Å². The Balaban J connectivity index is 1.10. The van der Waals surface area contributed by atoms with E-state index in [-0.39, 0.29) is 0 Å². The summed E-state index contributed by atoms with van der Waals surface area (Å²) in [6, 6.07) is 78.6. The second-order valence-corrected chi connectivity index (χ2v) is 15.3. The maximum absolute atomic E-state index is 6.90. The van der Waals surface area contributed by atoms with Crippen LogP contribution in [0.1, 0.15) is 0 Å². The number of rotatable bonds is 6. The molecule has 10 aromatic carbocycles. The Morgan fingerprint density at radius 3 is 1.83 bits per heavy atom. The van der Waals surface area contributed by atoms with E-state index in [4.69, 9.17) is 4.42 Å². The standard InChI is InChI=1S/C56H36N2O/c1-3-16-40(17-4-1)54-44-20-9-7-14-37(44)28-33-46(54)39-26-30-42(31-27-39)57(51-25-13-23-49-55-45-21-10-8-15-38(45)29-35-53(55)59-56(49)51)43-32-34-48-47-22-11-12-24-50(47)58(52(48)36-43)41-18-5-2-6-19-41/h1-36H. The van der Waals surface area contributed by atoms with Crippen molar-refractivity contribution in [3.8, 4) is 27.9 Å². The third-order valence-corrected chi connectivity index (χ3v) is 12.0. The third-order valence-electron chi connectivity index (χ3n) is 12.0. The predicted molar refractivity (Wildman–Crippen MR) is 249 cm³/mol. The van der Waals surface area contributed by atoms with Crippen LogP contribution in [-0.2, 0) is 0 Å². The molecule has 59 heavy (non-hydrogen) atoms. The van der Waals surface area contributed by atoms with Gasteiger partial charge in [-0.25, -0.2) is 0 Å². The summed E-state index contributed by atoms with van der Waals surface area (Å²) in [5.74, 6) is 0. The fourth-order valence-electron chi connectivity index (χ4n) is 9.33. The molecule has 0 atom stereocenters. The quantitative estimate of drug-likeness (QED) is 0.169. The maximum Gasteiger partial charge on any atom is 0.159 e. The van der Waals surface area contributed by atoms with Gasteiger partial charge in [-0.05, 0) is 98.4 Å². The van der Waals surface area contributed by atoms with Crippen LogP contribution in [0.4, 0.5) is 17.1 Å². The highest BCUT2D eigenvalue weighted by Gasteiger charge is 2.23. The zero-order valence-corrected chi connectivity index (χ0v) is 32.1. The number of furan rings is 1. The summed E-state index contributed by atoms with van der Waals surface area (Å²) in [6.45, 7) is 0. The number of benzene rings is 10. The van der Waals surface area contributed by atoms with Crippen molar-refractivity contribution in [3.63, 3.8) is 0 Å². The zero-order chi connectivity index (χ0) is 38.9. The molecular formula is C56H36N2O. The Labute approximate surface area is 341 Å². The van der Waals surface area contributed by atoms with Crippen LogP contribution in [0.3, 0.4) is 0 Å². The van der Waals surface area contributed by atoms with Crippen molar-refractivity contribution in [2.45, 2.75) is 0 Å². The molecule has 0 spiro atoms. The molecule has 12 rings (SSSR count).